The molecule has 2 rings (SSSR count). The highest BCUT2D eigenvalue weighted by Gasteiger charge is 2.14. The largest absolute Gasteiger partial charge is 0.384 e. The third-order valence-corrected chi connectivity index (χ3v) is 4.02. The van der Waals surface area contributed by atoms with E-state index in [4.69, 9.17) is 11.1 Å². The van der Waals surface area contributed by atoms with Crippen LogP contribution in [0.1, 0.15) is 22.5 Å². The molecular formula is C13H15BrN4. The SMILES string of the molecule is Cc1ccc(C(=N)N)c(-n2nc(C)c(Br)c2C)c1. The van der Waals surface area contributed by atoms with E-state index >= 15 is 0 Å². The number of hydrogen-bond acceptors (Lipinski definition) is 2. The molecule has 3 N–H and O–H groups in total. The lowest BCUT2D eigenvalue weighted by atomic mass is 10.1. The molecule has 1 aromatic heterocycles. The van der Waals surface area contributed by atoms with Crippen molar-refractivity contribution in [2.45, 2.75) is 20.8 Å². The van der Waals surface area contributed by atoms with Crippen molar-refractivity contribution < 1.29 is 0 Å². The average Bonchev–Trinajstić information content (AvgIpc) is 2.56. The Bertz CT molecular complexity index is 628. The second-order valence-electron chi connectivity index (χ2n) is 4.33. The lowest BCUT2D eigenvalue weighted by Gasteiger charge is -2.11. The van der Waals surface area contributed by atoms with Gasteiger partial charge in [-0.15, -0.1) is 0 Å². The lowest BCUT2D eigenvalue weighted by Crippen LogP contribution is -2.16. The lowest BCUT2D eigenvalue weighted by molar-refractivity contribution is 0.830. The maximum atomic E-state index is 7.65. The molecule has 94 valence electrons. The van der Waals surface area contributed by atoms with Crippen molar-refractivity contribution >= 4 is 21.8 Å². The number of benzene rings is 1. The maximum Gasteiger partial charge on any atom is 0.124 e. The molecule has 0 atom stereocenters. The first-order chi connectivity index (χ1) is 8.41. The highest BCUT2D eigenvalue weighted by atomic mass is 79.9. The maximum absolute atomic E-state index is 7.65. The number of nitrogens with zero attached hydrogens (tertiary/aromatic N) is 2. The van der Waals surface area contributed by atoms with Crippen LogP contribution in [0.15, 0.2) is 22.7 Å². The van der Waals surface area contributed by atoms with Gasteiger partial charge in [0.25, 0.3) is 0 Å². The average molecular weight is 307 g/mol. The molecule has 4 nitrogen and oxygen atoms in total. The van der Waals surface area contributed by atoms with Crippen molar-refractivity contribution in [3.05, 3.63) is 45.2 Å². The monoisotopic (exact) mass is 306 g/mol. The minimum Gasteiger partial charge on any atom is -0.384 e. The van der Waals surface area contributed by atoms with Crippen molar-refractivity contribution in [2.24, 2.45) is 5.73 Å². The molecule has 0 fully saturated rings. The number of aryl methyl sites for hydroxylation is 2. The zero-order valence-corrected chi connectivity index (χ0v) is 12.2. The van der Waals surface area contributed by atoms with Crippen LogP contribution in [0.3, 0.4) is 0 Å². The topological polar surface area (TPSA) is 67.7 Å². The fourth-order valence-electron chi connectivity index (χ4n) is 1.90. The Morgan fingerprint density at radius 3 is 2.50 bits per heavy atom. The summed E-state index contributed by atoms with van der Waals surface area (Å²) in [7, 11) is 0. The van der Waals surface area contributed by atoms with E-state index < -0.39 is 0 Å². The molecule has 0 saturated carbocycles. The smallest absolute Gasteiger partial charge is 0.124 e. The van der Waals surface area contributed by atoms with Crippen LogP contribution in [-0.2, 0) is 0 Å². The Morgan fingerprint density at radius 2 is 2.00 bits per heavy atom. The number of halogens is 1. The summed E-state index contributed by atoms with van der Waals surface area (Å²) in [5, 5.41) is 12.1. The fraction of sp³-hybridized carbons (Fsp3) is 0.231. The van der Waals surface area contributed by atoms with E-state index in [9.17, 15) is 0 Å². The van der Waals surface area contributed by atoms with Crippen LogP contribution in [0, 0.1) is 26.2 Å². The highest BCUT2D eigenvalue weighted by Crippen LogP contribution is 2.25. The first-order valence-electron chi connectivity index (χ1n) is 5.59. The Balaban J connectivity index is 2.73. The van der Waals surface area contributed by atoms with Crippen LogP contribution < -0.4 is 5.73 Å². The summed E-state index contributed by atoms with van der Waals surface area (Å²) in [6.45, 7) is 5.93. The Hall–Kier alpha value is -1.62. The number of amidine groups is 1. The Kier molecular flexibility index (Phi) is 3.26. The van der Waals surface area contributed by atoms with Crippen molar-refractivity contribution in [3.63, 3.8) is 0 Å². The molecule has 0 spiro atoms. The predicted octanol–water partition coefficient (Wildman–Crippen LogP) is 2.84. The number of nitrogens with one attached hydrogen (secondary N) is 1. The van der Waals surface area contributed by atoms with Gasteiger partial charge in [0.15, 0.2) is 0 Å². The van der Waals surface area contributed by atoms with Crippen molar-refractivity contribution in [1.82, 2.24) is 9.78 Å². The Labute approximate surface area is 114 Å². The molecule has 0 amide bonds. The van der Waals surface area contributed by atoms with Crippen LogP contribution in [0.2, 0.25) is 0 Å². The molecule has 0 unspecified atom stereocenters. The summed E-state index contributed by atoms with van der Waals surface area (Å²) < 4.78 is 2.81. The molecule has 18 heavy (non-hydrogen) atoms. The molecule has 0 aliphatic rings. The van der Waals surface area contributed by atoms with Gasteiger partial charge in [-0.1, -0.05) is 6.07 Å². The predicted molar refractivity (Wildman–Crippen MR) is 76.5 cm³/mol. The molecule has 0 saturated heterocycles. The highest BCUT2D eigenvalue weighted by molar-refractivity contribution is 9.10. The molecule has 0 bridgehead atoms. The van der Waals surface area contributed by atoms with Gasteiger partial charge < -0.3 is 5.73 Å². The second kappa shape index (κ2) is 4.57. The van der Waals surface area contributed by atoms with Crippen molar-refractivity contribution in [1.29, 1.82) is 5.41 Å². The van der Waals surface area contributed by atoms with E-state index in [1.54, 1.807) is 0 Å². The molecule has 0 radical (unpaired) electrons. The van der Waals surface area contributed by atoms with Gasteiger partial charge >= 0.3 is 0 Å². The van der Waals surface area contributed by atoms with E-state index in [1.165, 1.54) is 0 Å². The molecule has 5 heteroatoms. The first-order valence-corrected chi connectivity index (χ1v) is 6.38. The number of nitrogen functional groups attached to an aromatic ring is 1. The number of hydrogen-bond donors (Lipinski definition) is 2. The van der Waals surface area contributed by atoms with Gasteiger partial charge in [-0.3, -0.25) is 5.41 Å². The van der Waals surface area contributed by atoms with Crippen LogP contribution in [-0.4, -0.2) is 15.6 Å². The van der Waals surface area contributed by atoms with Crippen molar-refractivity contribution in [2.75, 3.05) is 0 Å². The van der Waals surface area contributed by atoms with Gasteiger partial charge in [0, 0.05) is 5.56 Å². The third kappa shape index (κ3) is 2.06. The summed E-state index contributed by atoms with van der Waals surface area (Å²) in [5.41, 5.74) is 10.2. The quantitative estimate of drug-likeness (QED) is 0.662. The van der Waals surface area contributed by atoms with Crippen molar-refractivity contribution in [3.8, 4) is 5.69 Å². The van der Waals surface area contributed by atoms with Crippen LogP contribution in [0.5, 0.6) is 0 Å². The van der Waals surface area contributed by atoms with Gasteiger partial charge in [-0.25, -0.2) is 4.68 Å². The second-order valence-corrected chi connectivity index (χ2v) is 5.12. The van der Waals surface area contributed by atoms with Gasteiger partial charge in [0.05, 0.1) is 21.5 Å². The molecule has 2 aromatic rings. The number of rotatable bonds is 2. The van der Waals surface area contributed by atoms with E-state index in [-0.39, 0.29) is 5.84 Å². The molecule has 0 aliphatic heterocycles. The Morgan fingerprint density at radius 1 is 1.33 bits per heavy atom. The van der Waals surface area contributed by atoms with Gasteiger partial charge in [0.2, 0.25) is 0 Å². The zero-order chi connectivity index (χ0) is 13.4. The molecule has 1 aromatic carbocycles. The summed E-state index contributed by atoms with van der Waals surface area (Å²) in [4.78, 5) is 0. The minimum atomic E-state index is 0.0497. The van der Waals surface area contributed by atoms with Crippen LogP contribution in [0.25, 0.3) is 5.69 Å². The third-order valence-electron chi connectivity index (χ3n) is 2.87. The van der Waals surface area contributed by atoms with Gasteiger partial charge in [-0.2, -0.15) is 5.10 Å². The summed E-state index contributed by atoms with van der Waals surface area (Å²) in [6.07, 6.45) is 0. The molecular weight excluding hydrogens is 292 g/mol. The standard InChI is InChI=1S/C13H15BrN4/c1-7-4-5-10(13(15)16)11(6-7)18-9(3)12(14)8(2)17-18/h4-6H,1-3H3,(H3,15,16). The van der Waals surface area contributed by atoms with E-state index in [0.29, 0.717) is 5.56 Å². The van der Waals surface area contributed by atoms with Crippen LogP contribution in [0.4, 0.5) is 0 Å². The first kappa shape index (κ1) is 12.8. The zero-order valence-electron chi connectivity index (χ0n) is 10.6. The number of nitrogens with two attached hydrogens (primary N) is 1. The van der Waals surface area contributed by atoms with E-state index in [0.717, 1.165) is 27.1 Å². The normalized spacial score (nSPS) is 10.7. The van der Waals surface area contributed by atoms with E-state index in [2.05, 4.69) is 21.0 Å². The molecule has 1 heterocycles. The summed E-state index contributed by atoms with van der Waals surface area (Å²) >= 11 is 3.51. The fourth-order valence-corrected chi connectivity index (χ4v) is 2.15. The van der Waals surface area contributed by atoms with Gasteiger partial charge in [-0.05, 0) is 54.4 Å². The van der Waals surface area contributed by atoms with E-state index in [1.807, 2.05) is 43.7 Å². The number of aromatic nitrogens is 2. The summed E-state index contributed by atoms with van der Waals surface area (Å²) in [5.74, 6) is 0.0497. The van der Waals surface area contributed by atoms with Crippen LogP contribution >= 0.6 is 15.9 Å². The minimum absolute atomic E-state index is 0.0497. The molecule has 0 aliphatic carbocycles. The van der Waals surface area contributed by atoms with Gasteiger partial charge in [0.1, 0.15) is 5.84 Å². The summed E-state index contributed by atoms with van der Waals surface area (Å²) in [6, 6.07) is 5.79.